The fourth-order valence-electron chi connectivity index (χ4n) is 1.88. The molecule has 1 aromatic carbocycles. The number of methoxy groups -OCH3 is 2. The molecule has 0 N–H and O–H groups in total. The number of hydrogen-bond donors (Lipinski definition) is 0. The van der Waals surface area contributed by atoms with Gasteiger partial charge in [-0.15, -0.1) is 0 Å². The van der Waals surface area contributed by atoms with Gasteiger partial charge in [-0.1, -0.05) is 29.8 Å². The first-order chi connectivity index (χ1) is 10.2. The van der Waals surface area contributed by atoms with Crippen LogP contribution in [-0.2, 0) is 14.3 Å². The predicted molar refractivity (Wildman–Crippen MR) is 85.2 cm³/mol. The molecule has 1 amide bonds. The molecule has 21 heavy (non-hydrogen) atoms. The molecular weight excluding hydrogens is 266 g/mol. The van der Waals surface area contributed by atoms with Crippen molar-refractivity contribution in [2.24, 2.45) is 0 Å². The minimum Gasteiger partial charge on any atom is -0.385 e. The number of amides is 1. The summed E-state index contributed by atoms with van der Waals surface area (Å²) in [6.07, 6.45) is 4.29. The van der Waals surface area contributed by atoms with Crippen LogP contribution in [0.25, 0.3) is 6.08 Å². The van der Waals surface area contributed by atoms with Crippen molar-refractivity contribution >= 4 is 12.0 Å². The van der Waals surface area contributed by atoms with E-state index in [1.54, 1.807) is 25.2 Å². The van der Waals surface area contributed by atoms with E-state index in [0.717, 1.165) is 12.0 Å². The third-order valence-corrected chi connectivity index (χ3v) is 3.15. The van der Waals surface area contributed by atoms with Gasteiger partial charge in [0.05, 0.1) is 6.61 Å². The van der Waals surface area contributed by atoms with Gasteiger partial charge in [-0.25, -0.2) is 0 Å². The van der Waals surface area contributed by atoms with Crippen molar-refractivity contribution in [3.05, 3.63) is 41.5 Å². The van der Waals surface area contributed by atoms with E-state index in [-0.39, 0.29) is 5.91 Å². The topological polar surface area (TPSA) is 38.8 Å². The maximum atomic E-state index is 12.2. The minimum atomic E-state index is 0.00345. The van der Waals surface area contributed by atoms with E-state index < -0.39 is 0 Å². The summed E-state index contributed by atoms with van der Waals surface area (Å²) in [7, 11) is 3.30. The highest BCUT2D eigenvalue weighted by Crippen LogP contribution is 2.06. The quantitative estimate of drug-likeness (QED) is 0.518. The molecule has 4 nitrogen and oxygen atoms in total. The molecule has 0 saturated carbocycles. The van der Waals surface area contributed by atoms with Crippen LogP contribution in [0.3, 0.4) is 0 Å². The van der Waals surface area contributed by atoms with Gasteiger partial charge in [-0.2, -0.15) is 0 Å². The zero-order valence-corrected chi connectivity index (χ0v) is 13.2. The number of rotatable bonds is 9. The average Bonchev–Trinajstić information content (AvgIpc) is 2.50. The Morgan fingerprint density at radius 1 is 1.10 bits per heavy atom. The summed E-state index contributed by atoms with van der Waals surface area (Å²) in [6, 6.07) is 8.07. The maximum absolute atomic E-state index is 12.2. The molecule has 0 heterocycles. The van der Waals surface area contributed by atoms with Gasteiger partial charge in [0.2, 0.25) is 5.91 Å². The summed E-state index contributed by atoms with van der Waals surface area (Å²) in [6.45, 7) is 4.50. The van der Waals surface area contributed by atoms with Crippen LogP contribution < -0.4 is 0 Å². The smallest absolute Gasteiger partial charge is 0.246 e. The highest BCUT2D eigenvalue weighted by atomic mass is 16.5. The molecule has 1 rings (SSSR count). The van der Waals surface area contributed by atoms with Gasteiger partial charge in [0.25, 0.3) is 0 Å². The van der Waals surface area contributed by atoms with Gasteiger partial charge >= 0.3 is 0 Å². The summed E-state index contributed by atoms with van der Waals surface area (Å²) < 4.78 is 10.1. The van der Waals surface area contributed by atoms with E-state index in [1.807, 2.05) is 37.3 Å². The molecule has 116 valence electrons. The zero-order valence-electron chi connectivity index (χ0n) is 13.2. The Morgan fingerprint density at radius 2 is 1.76 bits per heavy atom. The Labute approximate surface area is 127 Å². The number of nitrogens with zero attached hydrogens (tertiary/aromatic N) is 1. The van der Waals surface area contributed by atoms with Crippen molar-refractivity contribution in [2.45, 2.75) is 13.3 Å². The first-order valence-electron chi connectivity index (χ1n) is 7.19. The maximum Gasteiger partial charge on any atom is 0.246 e. The summed E-state index contributed by atoms with van der Waals surface area (Å²) in [4.78, 5) is 14.0. The van der Waals surface area contributed by atoms with E-state index in [1.165, 1.54) is 5.56 Å². The van der Waals surface area contributed by atoms with Crippen LogP contribution in [0, 0.1) is 6.92 Å². The number of carbonyl (C=O) groups is 1. The van der Waals surface area contributed by atoms with E-state index in [4.69, 9.17) is 9.47 Å². The van der Waals surface area contributed by atoms with E-state index in [0.29, 0.717) is 26.3 Å². The van der Waals surface area contributed by atoms with E-state index >= 15 is 0 Å². The molecule has 0 aliphatic heterocycles. The Balaban J connectivity index is 2.58. The van der Waals surface area contributed by atoms with Crippen molar-refractivity contribution in [1.29, 1.82) is 0 Å². The lowest BCUT2D eigenvalue weighted by molar-refractivity contribution is -0.126. The molecule has 4 heteroatoms. The molecule has 0 aliphatic carbocycles. The molecule has 0 unspecified atom stereocenters. The molecule has 1 aromatic rings. The van der Waals surface area contributed by atoms with Crippen LogP contribution >= 0.6 is 0 Å². The lowest BCUT2D eigenvalue weighted by Crippen LogP contribution is -2.34. The van der Waals surface area contributed by atoms with Gasteiger partial charge in [0.15, 0.2) is 0 Å². The highest BCUT2D eigenvalue weighted by Gasteiger charge is 2.09. The van der Waals surface area contributed by atoms with E-state index in [2.05, 4.69) is 0 Å². The summed E-state index contributed by atoms with van der Waals surface area (Å²) >= 11 is 0. The van der Waals surface area contributed by atoms with Gasteiger partial charge in [0.1, 0.15) is 0 Å². The first kappa shape index (κ1) is 17.4. The van der Waals surface area contributed by atoms with Gasteiger partial charge < -0.3 is 14.4 Å². The van der Waals surface area contributed by atoms with Crippen molar-refractivity contribution in [1.82, 2.24) is 4.90 Å². The van der Waals surface area contributed by atoms with Crippen molar-refractivity contribution in [3.8, 4) is 0 Å². The van der Waals surface area contributed by atoms with Gasteiger partial charge in [0, 0.05) is 40.0 Å². The Hall–Kier alpha value is -1.65. The van der Waals surface area contributed by atoms with Crippen LogP contribution in [0.1, 0.15) is 17.5 Å². The van der Waals surface area contributed by atoms with Gasteiger partial charge in [-0.3, -0.25) is 4.79 Å². The second-order valence-electron chi connectivity index (χ2n) is 4.91. The number of ether oxygens (including phenoxy) is 2. The first-order valence-corrected chi connectivity index (χ1v) is 7.19. The monoisotopic (exact) mass is 291 g/mol. The average molecular weight is 291 g/mol. The second-order valence-corrected chi connectivity index (χ2v) is 4.91. The fourth-order valence-corrected chi connectivity index (χ4v) is 1.88. The van der Waals surface area contributed by atoms with Crippen LogP contribution in [-0.4, -0.2) is 51.3 Å². The normalized spacial score (nSPS) is 11.0. The van der Waals surface area contributed by atoms with Crippen LogP contribution in [0.15, 0.2) is 30.3 Å². The molecule has 0 saturated heterocycles. The summed E-state index contributed by atoms with van der Waals surface area (Å²) in [5.74, 6) is 0.00345. The Bertz CT molecular complexity index is 440. The molecule has 0 bridgehead atoms. The van der Waals surface area contributed by atoms with Crippen molar-refractivity contribution in [2.75, 3.05) is 40.5 Å². The lowest BCUT2D eigenvalue weighted by atomic mass is 10.1. The van der Waals surface area contributed by atoms with Gasteiger partial charge in [-0.05, 0) is 25.0 Å². The SMILES string of the molecule is COCCCN(CCOC)C(=O)C=Cc1ccc(C)cc1. The lowest BCUT2D eigenvalue weighted by Gasteiger charge is -2.20. The summed E-state index contributed by atoms with van der Waals surface area (Å²) in [5.41, 5.74) is 2.23. The van der Waals surface area contributed by atoms with Crippen LogP contribution in [0.2, 0.25) is 0 Å². The molecule has 0 atom stereocenters. The Kier molecular flexibility index (Phi) is 8.40. The predicted octanol–water partition coefficient (Wildman–Crippen LogP) is 2.52. The van der Waals surface area contributed by atoms with Crippen LogP contribution in [0.5, 0.6) is 0 Å². The molecule has 0 aromatic heterocycles. The summed E-state index contributed by atoms with van der Waals surface area (Å²) in [5, 5.41) is 0. The fraction of sp³-hybridized carbons (Fsp3) is 0.471. The van der Waals surface area contributed by atoms with Crippen molar-refractivity contribution < 1.29 is 14.3 Å². The number of carbonyl (C=O) groups excluding carboxylic acids is 1. The largest absolute Gasteiger partial charge is 0.385 e. The zero-order chi connectivity index (χ0) is 15.5. The number of hydrogen-bond acceptors (Lipinski definition) is 3. The third kappa shape index (κ3) is 7.06. The molecule has 0 aliphatic rings. The number of benzene rings is 1. The Morgan fingerprint density at radius 3 is 2.38 bits per heavy atom. The minimum absolute atomic E-state index is 0.00345. The second kappa shape index (κ2) is 10.1. The van der Waals surface area contributed by atoms with Crippen LogP contribution in [0.4, 0.5) is 0 Å². The highest BCUT2D eigenvalue weighted by molar-refractivity contribution is 5.91. The molecule has 0 spiro atoms. The van der Waals surface area contributed by atoms with Crippen molar-refractivity contribution in [3.63, 3.8) is 0 Å². The molecular formula is C17H25NO3. The third-order valence-electron chi connectivity index (χ3n) is 3.15. The van der Waals surface area contributed by atoms with E-state index in [9.17, 15) is 4.79 Å². The number of aryl methyl sites for hydroxylation is 1. The standard InChI is InChI=1S/C17H25NO3/c1-15-5-7-16(8-6-15)9-10-17(19)18(12-14-21-3)11-4-13-20-2/h5-10H,4,11-14H2,1-3H3. The molecule has 0 radical (unpaired) electrons. The molecule has 0 fully saturated rings.